The van der Waals surface area contributed by atoms with Crippen molar-refractivity contribution in [2.45, 2.75) is 71.4 Å². The molecule has 5 heteroatoms. The van der Waals surface area contributed by atoms with Crippen molar-refractivity contribution >= 4 is 5.97 Å². The Morgan fingerprint density at radius 1 is 0.970 bits per heavy atom. The number of esters is 1. The van der Waals surface area contributed by atoms with E-state index in [4.69, 9.17) is 4.74 Å². The minimum atomic E-state index is -1.30. The van der Waals surface area contributed by atoms with Crippen LogP contribution < -0.4 is 0 Å². The van der Waals surface area contributed by atoms with E-state index in [1.807, 2.05) is 63.3 Å². The Balaban J connectivity index is 3.06. The van der Waals surface area contributed by atoms with Crippen LogP contribution in [0.3, 0.4) is 0 Å². The first-order chi connectivity index (χ1) is 15.7. The normalized spacial score (nSPS) is 37.5. The minimum absolute atomic E-state index is 0.276. The Hall–Kier alpha value is -2.47. The van der Waals surface area contributed by atoms with E-state index in [1.54, 1.807) is 18.2 Å². The molecular weight excluding hydrogens is 416 g/mol. The molecule has 0 bridgehead atoms. The molecule has 1 aliphatic heterocycles. The zero-order valence-corrected chi connectivity index (χ0v) is 20.2. The smallest absolute Gasteiger partial charge is 0.331 e. The number of aliphatic hydroxyl groups excluding tert-OH is 3. The third kappa shape index (κ3) is 12.4. The Labute approximate surface area is 198 Å². The molecule has 3 N–H and O–H groups in total. The van der Waals surface area contributed by atoms with E-state index in [9.17, 15) is 20.1 Å². The molecule has 0 saturated carbocycles. The molecule has 0 aromatic rings. The summed E-state index contributed by atoms with van der Waals surface area (Å²) in [5.74, 6) is -0.442. The summed E-state index contributed by atoms with van der Waals surface area (Å²) >= 11 is 0. The van der Waals surface area contributed by atoms with Gasteiger partial charge in [0.2, 0.25) is 0 Å². The van der Waals surface area contributed by atoms with E-state index in [-0.39, 0.29) is 11.8 Å². The van der Waals surface area contributed by atoms with E-state index in [0.29, 0.717) is 6.42 Å². The maximum Gasteiger partial charge on any atom is 0.331 e. The van der Waals surface area contributed by atoms with Crippen molar-refractivity contribution in [1.82, 2.24) is 0 Å². The first kappa shape index (κ1) is 28.6. The van der Waals surface area contributed by atoms with Crippen molar-refractivity contribution in [3.05, 3.63) is 84.6 Å². The number of ether oxygens (including phenoxy) is 1. The molecule has 0 spiro atoms. The molecule has 0 aliphatic carbocycles. The number of aliphatic hydroxyl groups is 3. The molecule has 33 heavy (non-hydrogen) atoms. The second-order valence-electron chi connectivity index (χ2n) is 8.46. The molecule has 5 nitrogen and oxygen atoms in total. The monoisotopic (exact) mass is 456 g/mol. The predicted molar refractivity (Wildman–Crippen MR) is 134 cm³/mol. The van der Waals surface area contributed by atoms with Crippen LogP contribution in [0.4, 0.5) is 0 Å². The minimum Gasteiger partial charge on any atom is -0.455 e. The van der Waals surface area contributed by atoms with Crippen LogP contribution in [-0.4, -0.2) is 45.7 Å². The fraction of sp³-hybridized carbons (Fsp3) is 0.464. The van der Waals surface area contributed by atoms with Crippen LogP contribution in [0.2, 0.25) is 0 Å². The number of carbonyl (C=O) groups excluding carboxylic acids is 1. The van der Waals surface area contributed by atoms with E-state index in [2.05, 4.69) is 13.0 Å². The Kier molecular flexibility index (Phi) is 14.0. The van der Waals surface area contributed by atoms with Gasteiger partial charge in [0, 0.05) is 18.4 Å². The summed E-state index contributed by atoms with van der Waals surface area (Å²) in [6, 6.07) is 0. The van der Waals surface area contributed by atoms with Gasteiger partial charge in [-0.25, -0.2) is 4.79 Å². The Bertz CT molecular complexity index is 784. The van der Waals surface area contributed by atoms with Crippen molar-refractivity contribution in [1.29, 1.82) is 0 Å². The van der Waals surface area contributed by atoms with Crippen LogP contribution in [0.1, 0.15) is 47.0 Å². The third-order valence-corrected chi connectivity index (χ3v) is 5.24. The number of hydrogen-bond acceptors (Lipinski definition) is 5. The Morgan fingerprint density at radius 2 is 1.73 bits per heavy atom. The van der Waals surface area contributed by atoms with Crippen LogP contribution in [0, 0.1) is 11.8 Å². The highest BCUT2D eigenvalue weighted by Crippen LogP contribution is 2.15. The lowest BCUT2D eigenvalue weighted by molar-refractivity contribution is -0.140. The van der Waals surface area contributed by atoms with Crippen molar-refractivity contribution in [3.8, 4) is 0 Å². The van der Waals surface area contributed by atoms with Gasteiger partial charge in [-0.15, -0.1) is 0 Å². The van der Waals surface area contributed by atoms with Gasteiger partial charge in [-0.1, -0.05) is 93.2 Å². The first-order valence-electron chi connectivity index (χ1n) is 11.7. The van der Waals surface area contributed by atoms with Gasteiger partial charge in [0.25, 0.3) is 0 Å². The van der Waals surface area contributed by atoms with Gasteiger partial charge in [-0.3, -0.25) is 0 Å². The number of carbonyl (C=O) groups is 1. The van der Waals surface area contributed by atoms with Crippen LogP contribution in [0.5, 0.6) is 0 Å². The first-order valence-corrected chi connectivity index (χ1v) is 11.7. The van der Waals surface area contributed by atoms with Crippen molar-refractivity contribution in [2.75, 3.05) is 0 Å². The molecular formula is C28H40O5. The van der Waals surface area contributed by atoms with E-state index in [0.717, 1.165) is 18.4 Å². The number of cyclic esters (lactones) is 1. The van der Waals surface area contributed by atoms with Crippen LogP contribution in [0.25, 0.3) is 0 Å². The summed E-state index contributed by atoms with van der Waals surface area (Å²) in [4.78, 5) is 12.2. The third-order valence-electron chi connectivity index (χ3n) is 5.24. The molecule has 0 aromatic carbocycles. The summed E-state index contributed by atoms with van der Waals surface area (Å²) < 4.78 is 5.53. The van der Waals surface area contributed by atoms with Gasteiger partial charge in [0.05, 0.1) is 6.10 Å². The topological polar surface area (TPSA) is 87.0 Å². The van der Waals surface area contributed by atoms with Crippen LogP contribution >= 0.6 is 0 Å². The van der Waals surface area contributed by atoms with E-state index in [1.165, 1.54) is 12.2 Å². The molecule has 0 fully saturated rings. The molecule has 0 amide bonds. The lowest BCUT2D eigenvalue weighted by Crippen LogP contribution is -2.39. The van der Waals surface area contributed by atoms with Crippen LogP contribution in [-0.2, 0) is 9.53 Å². The van der Waals surface area contributed by atoms with Crippen LogP contribution in [0.15, 0.2) is 84.6 Å². The number of allylic oxidation sites excluding steroid dienone is 9. The van der Waals surface area contributed by atoms with Crippen molar-refractivity contribution in [2.24, 2.45) is 11.8 Å². The molecule has 0 aromatic heterocycles. The second-order valence-corrected chi connectivity index (χ2v) is 8.46. The average Bonchev–Trinajstić information content (AvgIpc) is 2.78. The molecule has 1 rings (SSSR count). The van der Waals surface area contributed by atoms with E-state index < -0.39 is 30.4 Å². The van der Waals surface area contributed by atoms with Crippen molar-refractivity contribution in [3.63, 3.8) is 0 Å². The van der Waals surface area contributed by atoms with Gasteiger partial charge >= 0.3 is 5.97 Å². The lowest BCUT2D eigenvalue weighted by atomic mass is 9.94. The van der Waals surface area contributed by atoms with Gasteiger partial charge in [-0.05, 0) is 31.8 Å². The fourth-order valence-corrected chi connectivity index (χ4v) is 3.09. The average molecular weight is 457 g/mol. The molecule has 0 unspecified atom stereocenters. The fourth-order valence-electron chi connectivity index (χ4n) is 3.09. The molecule has 6 atom stereocenters. The summed E-state index contributed by atoms with van der Waals surface area (Å²) in [5, 5.41) is 30.8. The molecule has 1 aliphatic rings. The lowest BCUT2D eigenvalue weighted by Gasteiger charge is -2.24. The number of hydrogen-bond donors (Lipinski definition) is 3. The summed E-state index contributed by atoms with van der Waals surface area (Å²) in [6.45, 7) is 7.82. The predicted octanol–water partition coefficient (Wildman–Crippen LogP) is 4.74. The molecule has 1 heterocycles. The standard InChI is InChI=1S/C28H40O5/c1-5-6-16-24-17-8-7-9-18-25(29)28(32)27(31)23(4)15-11-14-21(2)12-10-13-22(3)19-20-26(30)33-24/h6-13,15-16,18-21,23-25,27-29,31-32H,5,14,17H2,1-4H3/b8-7-,12-10-,15-11-,16-6+,18-9-,20-19-,22-13-/t21-,23-,24-,25-,27-,28+/m1/s1. The Morgan fingerprint density at radius 3 is 2.45 bits per heavy atom. The largest absolute Gasteiger partial charge is 0.455 e. The molecule has 182 valence electrons. The van der Waals surface area contributed by atoms with E-state index >= 15 is 0 Å². The summed E-state index contributed by atoms with van der Waals surface area (Å²) in [5.41, 5.74) is 0.933. The van der Waals surface area contributed by atoms with Crippen molar-refractivity contribution < 1.29 is 24.9 Å². The molecule has 0 saturated heterocycles. The highest BCUT2D eigenvalue weighted by Gasteiger charge is 2.26. The van der Waals surface area contributed by atoms with Gasteiger partial charge in [0.15, 0.2) is 0 Å². The SMILES string of the molecule is CC/C=C/[C@@H]1C/C=C\C=C/[C@@H](O)[C@H](O)[C@H](O)[C@H](C)/C=C\C[C@H](C)\C=C/C=C(C)\C=C/C(=O)O1. The zero-order chi connectivity index (χ0) is 24.6. The second kappa shape index (κ2) is 16.2. The van der Waals surface area contributed by atoms with Gasteiger partial charge < -0.3 is 20.1 Å². The zero-order valence-electron chi connectivity index (χ0n) is 20.2. The number of rotatable bonds is 2. The maximum atomic E-state index is 12.2. The summed E-state index contributed by atoms with van der Waals surface area (Å²) in [7, 11) is 0. The maximum absolute atomic E-state index is 12.2. The highest BCUT2D eigenvalue weighted by molar-refractivity contribution is 5.82. The summed E-state index contributed by atoms with van der Waals surface area (Å²) in [6.07, 6.45) is 21.4. The highest BCUT2D eigenvalue weighted by atomic mass is 16.5. The quantitative estimate of drug-likeness (QED) is 0.413. The van der Waals surface area contributed by atoms with Gasteiger partial charge in [0.1, 0.15) is 18.3 Å². The van der Waals surface area contributed by atoms with Gasteiger partial charge in [-0.2, -0.15) is 0 Å². The molecule has 0 radical (unpaired) electrons.